The SMILES string of the molecule is CCCC(CN)(CCC)NCc1cccs1. The average Bonchev–Trinajstić information content (AvgIpc) is 2.79. The minimum Gasteiger partial charge on any atom is -0.329 e. The van der Waals surface area contributed by atoms with Gasteiger partial charge in [-0.1, -0.05) is 32.8 Å². The highest BCUT2D eigenvalue weighted by molar-refractivity contribution is 7.09. The second-order valence-electron chi connectivity index (χ2n) is 4.42. The van der Waals surface area contributed by atoms with Crippen molar-refractivity contribution in [1.29, 1.82) is 0 Å². The first kappa shape index (κ1) is 13.7. The maximum atomic E-state index is 5.96. The molecule has 1 heterocycles. The molecule has 16 heavy (non-hydrogen) atoms. The summed E-state index contributed by atoms with van der Waals surface area (Å²) in [6.45, 7) is 6.15. The van der Waals surface area contributed by atoms with Crippen molar-refractivity contribution in [3.05, 3.63) is 22.4 Å². The molecule has 0 saturated heterocycles. The first-order valence-electron chi connectivity index (χ1n) is 6.24. The Morgan fingerprint density at radius 3 is 2.44 bits per heavy atom. The van der Waals surface area contributed by atoms with E-state index < -0.39 is 0 Å². The largest absolute Gasteiger partial charge is 0.329 e. The lowest BCUT2D eigenvalue weighted by Gasteiger charge is -2.33. The van der Waals surface area contributed by atoms with Crippen LogP contribution in [0, 0.1) is 0 Å². The summed E-state index contributed by atoms with van der Waals surface area (Å²) >= 11 is 1.81. The fraction of sp³-hybridized carbons (Fsp3) is 0.692. The van der Waals surface area contributed by atoms with E-state index in [1.165, 1.54) is 30.6 Å². The molecule has 0 saturated carbocycles. The summed E-state index contributed by atoms with van der Waals surface area (Å²) < 4.78 is 0. The fourth-order valence-corrected chi connectivity index (χ4v) is 2.87. The van der Waals surface area contributed by atoms with E-state index in [1.807, 2.05) is 0 Å². The van der Waals surface area contributed by atoms with Gasteiger partial charge in [-0.3, -0.25) is 0 Å². The molecule has 0 aromatic carbocycles. The molecule has 0 bridgehead atoms. The first-order valence-corrected chi connectivity index (χ1v) is 7.12. The maximum Gasteiger partial charge on any atom is 0.0307 e. The van der Waals surface area contributed by atoms with Gasteiger partial charge in [-0.05, 0) is 24.3 Å². The number of nitrogens with two attached hydrogens (primary N) is 1. The van der Waals surface area contributed by atoms with E-state index in [-0.39, 0.29) is 5.54 Å². The zero-order chi connectivity index (χ0) is 11.9. The number of hydrogen-bond donors (Lipinski definition) is 2. The van der Waals surface area contributed by atoms with Crippen molar-refractivity contribution >= 4 is 11.3 Å². The van der Waals surface area contributed by atoms with Crippen LogP contribution in [-0.4, -0.2) is 12.1 Å². The minimum atomic E-state index is 0.146. The van der Waals surface area contributed by atoms with Gasteiger partial charge in [-0.15, -0.1) is 11.3 Å². The number of hydrogen-bond acceptors (Lipinski definition) is 3. The Hall–Kier alpha value is -0.380. The second kappa shape index (κ2) is 7.05. The number of nitrogens with one attached hydrogen (secondary N) is 1. The third-order valence-electron chi connectivity index (χ3n) is 3.07. The third-order valence-corrected chi connectivity index (χ3v) is 3.94. The number of thiophene rings is 1. The van der Waals surface area contributed by atoms with Crippen molar-refractivity contribution in [2.45, 2.75) is 51.6 Å². The van der Waals surface area contributed by atoms with Gasteiger partial charge in [0.25, 0.3) is 0 Å². The van der Waals surface area contributed by atoms with Crippen LogP contribution in [0.5, 0.6) is 0 Å². The van der Waals surface area contributed by atoms with Crippen molar-refractivity contribution in [2.24, 2.45) is 5.73 Å². The molecular weight excluding hydrogens is 216 g/mol. The Kier molecular flexibility index (Phi) is 6.03. The topological polar surface area (TPSA) is 38.0 Å². The van der Waals surface area contributed by atoms with Gasteiger partial charge >= 0.3 is 0 Å². The molecule has 0 fully saturated rings. The van der Waals surface area contributed by atoms with Crippen LogP contribution in [0.15, 0.2) is 17.5 Å². The molecule has 0 atom stereocenters. The Bertz CT molecular complexity index is 263. The van der Waals surface area contributed by atoms with Crippen LogP contribution >= 0.6 is 11.3 Å². The normalized spacial score (nSPS) is 11.9. The Morgan fingerprint density at radius 1 is 1.31 bits per heavy atom. The lowest BCUT2D eigenvalue weighted by atomic mass is 9.88. The molecule has 0 aliphatic rings. The molecule has 1 aromatic rings. The Balaban J connectivity index is 2.54. The second-order valence-corrected chi connectivity index (χ2v) is 5.45. The maximum absolute atomic E-state index is 5.96. The first-order chi connectivity index (χ1) is 7.76. The average molecular weight is 240 g/mol. The fourth-order valence-electron chi connectivity index (χ4n) is 2.22. The lowest BCUT2D eigenvalue weighted by Crippen LogP contribution is -2.50. The Morgan fingerprint density at radius 2 is 2.00 bits per heavy atom. The van der Waals surface area contributed by atoms with Gasteiger partial charge in [0.2, 0.25) is 0 Å². The van der Waals surface area contributed by atoms with Crippen LogP contribution in [0.2, 0.25) is 0 Å². The molecule has 92 valence electrons. The zero-order valence-electron chi connectivity index (χ0n) is 10.5. The molecule has 0 amide bonds. The van der Waals surface area contributed by atoms with Gasteiger partial charge < -0.3 is 11.1 Å². The number of rotatable bonds is 8. The summed E-state index contributed by atoms with van der Waals surface area (Å²) in [6.07, 6.45) is 4.72. The van der Waals surface area contributed by atoms with Gasteiger partial charge in [0.15, 0.2) is 0 Å². The van der Waals surface area contributed by atoms with Crippen molar-refractivity contribution in [2.75, 3.05) is 6.54 Å². The summed E-state index contributed by atoms with van der Waals surface area (Å²) in [4.78, 5) is 1.39. The molecule has 1 aromatic heterocycles. The quantitative estimate of drug-likeness (QED) is 0.732. The lowest BCUT2D eigenvalue weighted by molar-refractivity contribution is 0.281. The Labute approximate surface area is 103 Å². The molecule has 3 heteroatoms. The van der Waals surface area contributed by atoms with E-state index in [1.54, 1.807) is 11.3 Å². The van der Waals surface area contributed by atoms with Crippen LogP contribution in [0.3, 0.4) is 0 Å². The monoisotopic (exact) mass is 240 g/mol. The van der Waals surface area contributed by atoms with E-state index >= 15 is 0 Å². The summed E-state index contributed by atoms with van der Waals surface area (Å²) in [6, 6.07) is 4.28. The van der Waals surface area contributed by atoms with E-state index in [0.717, 1.165) is 13.1 Å². The summed E-state index contributed by atoms with van der Waals surface area (Å²) in [5, 5.41) is 5.80. The predicted octanol–water partition coefficient (Wildman–Crippen LogP) is 3.14. The van der Waals surface area contributed by atoms with E-state index in [9.17, 15) is 0 Å². The van der Waals surface area contributed by atoms with Gasteiger partial charge in [0, 0.05) is 23.5 Å². The summed E-state index contributed by atoms with van der Waals surface area (Å²) in [5.74, 6) is 0. The molecule has 0 aliphatic heterocycles. The molecule has 0 spiro atoms. The van der Waals surface area contributed by atoms with Crippen molar-refractivity contribution < 1.29 is 0 Å². The van der Waals surface area contributed by atoms with Crippen LogP contribution in [-0.2, 0) is 6.54 Å². The standard InChI is InChI=1S/C13H24N2S/c1-3-7-13(11-14,8-4-2)15-10-12-6-5-9-16-12/h5-6,9,15H,3-4,7-8,10-11,14H2,1-2H3. The van der Waals surface area contributed by atoms with Crippen LogP contribution in [0.4, 0.5) is 0 Å². The van der Waals surface area contributed by atoms with Crippen LogP contribution in [0.25, 0.3) is 0 Å². The van der Waals surface area contributed by atoms with Gasteiger partial charge in [-0.2, -0.15) is 0 Å². The van der Waals surface area contributed by atoms with Crippen molar-refractivity contribution in [3.63, 3.8) is 0 Å². The highest BCUT2D eigenvalue weighted by Crippen LogP contribution is 2.20. The van der Waals surface area contributed by atoms with E-state index in [0.29, 0.717) is 0 Å². The van der Waals surface area contributed by atoms with Gasteiger partial charge in [0.1, 0.15) is 0 Å². The van der Waals surface area contributed by atoms with E-state index in [4.69, 9.17) is 5.73 Å². The summed E-state index contributed by atoms with van der Waals surface area (Å²) in [5.41, 5.74) is 6.11. The molecule has 0 radical (unpaired) electrons. The van der Waals surface area contributed by atoms with Gasteiger partial charge in [0.05, 0.1) is 0 Å². The van der Waals surface area contributed by atoms with Gasteiger partial charge in [-0.25, -0.2) is 0 Å². The molecule has 0 unspecified atom stereocenters. The molecule has 2 nitrogen and oxygen atoms in total. The molecular formula is C13H24N2S. The summed E-state index contributed by atoms with van der Waals surface area (Å²) in [7, 11) is 0. The van der Waals surface area contributed by atoms with Crippen LogP contribution in [0.1, 0.15) is 44.4 Å². The highest BCUT2D eigenvalue weighted by Gasteiger charge is 2.25. The minimum absolute atomic E-state index is 0.146. The molecule has 3 N–H and O–H groups in total. The predicted molar refractivity (Wildman–Crippen MR) is 72.8 cm³/mol. The van der Waals surface area contributed by atoms with E-state index in [2.05, 4.69) is 36.7 Å². The highest BCUT2D eigenvalue weighted by atomic mass is 32.1. The zero-order valence-corrected chi connectivity index (χ0v) is 11.3. The van der Waals surface area contributed by atoms with Crippen molar-refractivity contribution in [1.82, 2.24) is 5.32 Å². The molecule has 0 aliphatic carbocycles. The van der Waals surface area contributed by atoms with Crippen LogP contribution < -0.4 is 11.1 Å². The third kappa shape index (κ3) is 3.89. The molecule has 1 rings (SSSR count). The van der Waals surface area contributed by atoms with Crippen molar-refractivity contribution in [3.8, 4) is 0 Å². The smallest absolute Gasteiger partial charge is 0.0307 e.